The number of hydrogen-bond donors (Lipinski definition) is 2. The molecular weight excluding hydrogens is 192 g/mol. The maximum Gasteiger partial charge on any atom is 0.373 e. The fourth-order valence-electron chi connectivity index (χ4n) is 0.713. The number of rotatable bonds is 5. The van der Waals surface area contributed by atoms with Gasteiger partial charge in [-0.3, -0.25) is 14.4 Å². The first-order chi connectivity index (χ1) is 6.29. The lowest BCUT2D eigenvalue weighted by atomic mass is 9.95. The zero-order valence-corrected chi connectivity index (χ0v) is 7.31. The Morgan fingerprint density at radius 2 is 1.50 bits per heavy atom. The molecule has 0 saturated carbocycles. The highest BCUT2D eigenvalue weighted by Gasteiger charge is 2.37. The average Bonchev–Trinajstić information content (AvgIpc) is 2.03. The second kappa shape index (κ2) is 4.31. The van der Waals surface area contributed by atoms with Crippen LogP contribution in [0.15, 0.2) is 12.2 Å². The monoisotopic (exact) mass is 200 g/mol. The van der Waals surface area contributed by atoms with Crippen LogP contribution < -0.4 is 0 Å². The molecular formula is C8H8O6. The van der Waals surface area contributed by atoms with Crippen molar-refractivity contribution in [3.05, 3.63) is 12.2 Å². The number of Topliss-reactive ketones (excluding diaryl/α,β-unsaturated/α-hetero) is 2. The van der Waals surface area contributed by atoms with Gasteiger partial charge in [-0.15, -0.1) is 0 Å². The van der Waals surface area contributed by atoms with Gasteiger partial charge in [0, 0.05) is 0 Å². The van der Waals surface area contributed by atoms with Gasteiger partial charge in [-0.25, -0.2) is 4.79 Å². The van der Waals surface area contributed by atoms with Crippen molar-refractivity contribution in [3.8, 4) is 0 Å². The predicted molar refractivity (Wildman–Crippen MR) is 43.6 cm³/mol. The standard InChI is InChI=1S/C8H8O6/c1-3(2)5(9)4(7(11)12)6(10)8(13)14/h4H,1H2,2H3,(H,11,12)(H,13,14). The fraction of sp³-hybridized carbons (Fsp3) is 0.250. The third-order valence-corrected chi connectivity index (χ3v) is 1.40. The van der Waals surface area contributed by atoms with Crippen LogP contribution in [0.5, 0.6) is 0 Å². The van der Waals surface area contributed by atoms with E-state index in [0.717, 1.165) is 0 Å². The first-order valence-electron chi connectivity index (χ1n) is 3.48. The van der Waals surface area contributed by atoms with E-state index in [9.17, 15) is 19.2 Å². The molecule has 14 heavy (non-hydrogen) atoms. The van der Waals surface area contributed by atoms with Crippen LogP contribution in [0.1, 0.15) is 6.92 Å². The van der Waals surface area contributed by atoms with E-state index in [1.165, 1.54) is 6.92 Å². The van der Waals surface area contributed by atoms with Crippen LogP contribution in [0.2, 0.25) is 0 Å². The number of carboxylic acids is 2. The molecule has 0 spiro atoms. The lowest BCUT2D eigenvalue weighted by Crippen LogP contribution is -2.36. The van der Waals surface area contributed by atoms with Gasteiger partial charge in [-0.05, 0) is 12.5 Å². The first-order valence-corrected chi connectivity index (χ1v) is 3.48. The summed E-state index contributed by atoms with van der Waals surface area (Å²) < 4.78 is 0. The molecule has 6 heteroatoms. The lowest BCUT2D eigenvalue weighted by molar-refractivity contribution is -0.158. The average molecular weight is 200 g/mol. The summed E-state index contributed by atoms with van der Waals surface area (Å²) in [5.74, 6) is -8.68. The van der Waals surface area contributed by atoms with Gasteiger partial charge in [0.25, 0.3) is 5.78 Å². The second-order valence-corrected chi connectivity index (χ2v) is 2.59. The molecule has 0 aliphatic carbocycles. The molecule has 0 aromatic rings. The van der Waals surface area contributed by atoms with Crippen molar-refractivity contribution >= 4 is 23.5 Å². The van der Waals surface area contributed by atoms with Gasteiger partial charge >= 0.3 is 11.9 Å². The summed E-state index contributed by atoms with van der Waals surface area (Å²) in [5.41, 5.74) is -0.174. The van der Waals surface area contributed by atoms with Crippen LogP contribution >= 0.6 is 0 Å². The van der Waals surface area contributed by atoms with Gasteiger partial charge in [0.05, 0.1) is 0 Å². The second-order valence-electron chi connectivity index (χ2n) is 2.59. The fourth-order valence-corrected chi connectivity index (χ4v) is 0.713. The smallest absolute Gasteiger partial charge is 0.373 e. The van der Waals surface area contributed by atoms with Crippen molar-refractivity contribution in [2.75, 3.05) is 0 Å². The van der Waals surface area contributed by atoms with E-state index in [1.54, 1.807) is 0 Å². The van der Waals surface area contributed by atoms with E-state index >= 15 is 0 Å². The third kappa shape index (κ3) is 2.51. The van der Waals surface area contributed by atoms with Crippen molar-refractivity contribution in [3.63, 3.8) is 0 Å². The molecule has 2 N–H and O–H groups in total. The summed E-state index contributed by atoms with van der Waals surface area (Å²) in [7, 11) is 0. The van der Waals surface area contributed by atoms with Crippen LogP contribution in [0.4, 0.5) is 0 Å². The zero-order chi connectivity index (χ0) is 11.5. The lowest BCUT2D eigenvalue weighted by Gasteiger charge is -2.06. The number of ketones is 2. The number of carbonyl (C=O) groups excluding carboxylic acids is 2. The Morgan fingerprint density at radius 1 is 1.07 bits per heavy atom. The summed E-state index contributed by atoms with van der Waals surface area (Å²) >= 11 is 0. The van der Waals surface area contributed by atoms with E-state index in [0.29, 0.717) is 0 Å². The number of aliphatic carboxylic acids is 2. The number of carboxylic acid groups (broad SMARTS) is 2. The van der Waals surface area contributed by atoms with E-state index in [4.69, 9.17) is 10.2 Å². The topological polar surface area (TPSA) is 109 Å². The highest BCUT2D eigenvalue weighted by Crippen LogP contribution is 2.07. The van der Waals surface area contributed by atoms with Crippen molar-refractivity contribution in [2.24, 2.45) is 5.92 Å². The Kier molecular flexibility index (Phi) is 3.70. The molecule has 0 aromatic carbocycles. The summed E-state index contributed by atoms with van der Waals surface area (Å²) in [6, 6.07) is 0. The molecule has 0 aliphatic heterocycles. The molecule has 0 amide bonds. The van der Waals surface area contributed by atoms with Crippen LogP contribution in [0.25, 0.3) is 0 Å². The highest BCUT2D eigenvalue weighted by molar-refractivity contribution is 6.43. The van der Waals surface area contributed by atoms with Crippen molar-refractivity contribution in [1.29, 1.82) is 0 Å². The summed E-state index contributed by atoms with van der Waals surface area (Å²) in [4.78, 5) is 42.5. The van der Waals surface area contributed by atoms with Crippen molar-refractivity contribution in [2.45, 2.75) is 6.92 Å². The van der Waals surface area contributed by atoms with Gasteiger partial charge in [-0.1, -0.05) is 6.58 Å². The number of allylic oxidation sites excluding steroid dienone is 1. The van der Waals surface area contributed by atoms with Gasteiger partial charge < -0.3 is 10.2 Å². The minimum atomic E-state index is -2.19. The molecule has 0 heterocycles. The van der Waals surface area contributed by atoms with E-state index in [-0.39, 0.29) is 5.57 Å². The predicted octanol–water partition coefficient (Wildman–Crippen LogP) is -0.514. The number of carbonyl (C=O) groups is 4. The van der Waals surface area contributed by atoms with Crippen molar-refractivity contribution in [1.82, 2.24) is 0 Å². The summed E-state index contributed by atoms with van der Waals surface area (Å²) in [6.45, 7) is 4.34. The maximum atomic E-state index is 11.1. The molecule has 0 fully saturated rings. The molecule has 0 bridgehead atoms. The molecule has 0 rings (SSSR count). The van der Waals surface area contributed by atoms with Crippen LogP contribution in [0, 0.1) is 5.92 Å². The van der Waals surface area contributed by atoms with Gasteiger partial charge in [-0.2, -0.15) is 0 Å². The molecule has 76 valence electrons. The normalized spacial score (nSPS) is 11.5. The van der Waals surface area contributed by atoms with Crippen LogP contribution in [0.3, 0.4) is 0 Å². The molecule has 0 aliphatic rings. The van der Waals surface area contributed by atoms with E-state index in [2.05, 4.69) is 6.58 Å². The number of hydrogen-bond acceptors (Lipinski definition) is 4. The van der Waals surface area contributed by atoms with Crippen LogP contribution in [-0.4, -0.2) is 33.7 Å². The Bertz CT molecular complexity index is 301. The third-order valence-electron chi connectivity index (χ3n) is 1.40. The molecule has 0 radical (unpaired) electrons. The van der Waals surface area contributed by atoms with E-state index < -0.39 is 29.4 Å². The minimum Gasteiger partial charge on any atom is -0.480 e. The van der Waals surface area contributed by atoms with Gasteiger partial charge in [0.1, 0.15) is 0 Å². The molecule has 0 saturated heterocycles. The molecule has 1 unspecified atom stereocenters. The van der Waals surface area contributed by atoms with E-state index in [1.807, 2.05) is 0 Å². The molecule has 0 aromatic heterocycles. The summed E-state index contributed by atoms with van der Waals surface area (Å²) in [5, 5.41) is 16.7. The Balaban J connectivity index is 5.07. The Hall–Kier alpha value is -1.98. The Morgan fingerprint density at radius 3 is 1.71 bits per heavy atom. The van der Waals surface area contributed by atoms with Crippen LogP contribution in [-0.2, 0) is 19.2 Å². The maximum absolute atomic E-state index is 11.1. The van der Waals surface area contributed by atoms with Crippen molar-refractivity contribution < 1.29 is 29.4 Å². The highest BCUT2D eigenvalue weighted by atomic mass is 16.4. The summed E-state index contributed by atoms with van der Waals surface area (Å²) in [6.07, 6.45) is 0. The molecule has 6 nitrogen and oxygen atoms in total. The molecule has 1 atom stereocenters. The largest absolute Gasteiger partial charge is 0.480 e. The first kappa shape index (κ1) is 12.0. The van der Waals surface area contributed by atoms with Gasteiger partial charge in [0.2, 0.25) is 0 Å². The quantitative estimate of drug-likeness (QED) is 0.351. The Labute approximate surface area is 78.8 Å². The minimum absolute atomic E-state index is 0.174. The SMILES string of the molecule is C=C(C)C(=O)C(C(=O)O)C(=O)C(=O)O. The zero-order valence-electron chi connectivity index (χ0n) is 7.31. The van der Waals surface area contributed by atoms with Gasteiger partial charge in [0.15, 0.2) is 11.7 Å².